The molecule has 0 atom stereocenters. The minimum absolute atomic E-state index is 0. The van der Waals surface area contributed by atoms with Crippen molar-refractivity contribution < 1.29 is 31.3 Å². The molecule has 0 amide bonds. The Morgan fingerprint density at radius 2 is 1.75 bits per heavy atom. The summed E-state index contributed by atoms with van der Waals surface area (Å²) in [5, 5.41) is 7.46. The quantitative estimate of drug-likeness (QED) is 0.458. The van der Waals surface area contributed by atoms with Crippen molar-refractivity contribution in [2.45, 2.75) is 0 Å². The molecule has 0 spiro atoms. The molecule has 0 unspecified atom stereocenters. The van der Waals surface area contributed by atoms with Crippen LogP contribution >= 0.6 is 0 Å². The first-order chi connectivity index (χ1) is 1.41. The summed E-state index contributed by atoms with van der Waals surface area (Å²) in [5.41, 5.74) is 0. The van der Waals surface area contributed by atoms with Crippen LogP contribution in [0.5, 0.6) is 0 Å². The predicted molar refractivity (Wildman–Crippen MR) is 12.4 cm³/mol. The van der Waals surface area contributed by atoms with E-state index in [1.807, 2.05) is 0 Å². The molecule has 1 nitrogen and oxygen atoms in total. The van der Waals surface area contributed by atoms with E-state index >= 15 is 0 Å². The van der Waals surface area contributed by atoms with E-state index < -0.39 is 0 Å². The molecule has 1 N–H and O–H groups in total. The van der Waals surface area contributed by atoms with E-state index in [2.05, 4.69) is 6.92 Å². The van der Waals surface area contributed by atoms with E-state index in [0.29, 0.717) is 0 Å². The third kappa shape index (κ3) is 13.6. The van der Waals surface area contributed by atoms with Crippen molar-refractivity contribution in [1.29, 1.82) is 0 Å². The third-order valence-electron chi connectivity index (χ3n) is 0. The van der Waals surface area contributed by atoms with Gasteiger partial charge in [0.2, 0.25) is 0 Å². The Bertz CT molecular complexity index is 6.00. The van der Waals surface area contributed by atoms with Gasteiger partial charge in [-0.2, -0.15) is 0 Å². The summed E-state index contributed by atoms with van der Waals surface area (Å²) < 4.78 is 0. The molecule has 0 aromatic carbocycles. The number of rotatable bonds is 0. The zero-order valence-corrected chi connectivity index (χ0v) is 4.82. The van der Waals surface area contributed by atoms with Crippen LogP contribution in [0.1, 0.15) is 0 Å². The number of hydrogen-bond acceptors (Lipinski definition) is 1. The Morgan fingerprint density at radius 3 is 1.75 bits per heavy atom. The monoisotopic (exact) mass is 135 g/mol. The molecule has 0 rings (SSSR count). The second kappa shape index (κ2) is 9.14. The normalized spacial score (nSPS) is 4.50. The maximum atomic E-state index is 7.46. The molecule has 0 aliphatic carbocycles. The maximum Gasteiger partial charge on any atom is 0 e. The van der Waals surface area contributed by atoms with E-state index in [-0.39, 0.29) is 32.8 Å². The van der Waals surface area contributed by atoms with Gasteiger partial charge >= 0.3 is 0 Å². The fourth-order valence-corrected chi connectivity index (χ4v) is 0. The molecule has 0 aromatic rings. The van der Waals surface area contributed by atoms with E-state index in [9.17, 15) is 0 Å². The molecule has 0 bridgehead atoms. The fourth-order valence-electron chi connectivity index (χ4n) is 0. The number of hydrogen-bond donors (Lipinski definition) is 1. The Balaban J connectivity index is 0. The molecule has 0 radical (unpaired) electrons. The predicted octanol–water partition coefficient (Wildman–Crippen LogP) is -0.190. The minimum atomic E-state index is 0. The van der Waals surface area contributed by atoms with Crippen molar-refractivity contribution in [1.82, 2.24) is 0 Å². The molecule has 0 aliphatic heterocycles. The van der Waals surface area contributed by atoms with E-state index in [1.54, 1.807) is 0 Å². The van der Waals surface area contributed by atoms with Crippen molar-refractivity contribution in [2.75, 3.05) is 6.61 Å². The van der Waals surface area contributed by atoms with Gasteiger partial charge in [0.1, 0.15) is 0 Å². The van der Waals surface area contributed by atoms with Gasteiger partial charge in [0.05, 0.1) is 0 Å². The molecule has 0 saturated carbocycles. The molecular formula is C2H5OZr-. The van der Waals surface area contributed by atoms with Gasteiger partial charge in [-0.3, -0.25) is 0 Å². The van der Waals surface area contributed by atoms with Gasteiger partial charge in [-0.05, 0) is 0 Å². The molecule has 2 heteroatoms. The summed E-state index contributed by atoms with van der Waals surface area (Å²) in [6, 6.07) is 0. The van der Waals surface area contributed by atoms with Crippen LogP contribution in [0.3, 0.4) is 0 Å². The summed E-state index contributed by atoms with van der Waals surface area (Å²) in [6.45, 7) is 3.04. The topological polar surface area (TPSA) is 20.2 Å². The van der Waals surface area contributed by atoms with E-state index in [4.69, 9.17) is 5.11 Å². The van der Waals surface area contributed by atoms with Gasteiger partial charge in [0.15, 0.2) is 0 Å². The number of aliphatic hydroxyl groups is 1. The second-order valence-corrected chi connectivity index (χ2v) is 0.224. The molecule has 0 saturated heterocycles. The van der Waals surface area contributed by atoms with Crippen LogP contribution < -0.4 is 0 Å². The molecule has 0 heterocycles. The average molecular weight is 136 g/mol. The molecule has 24 valence electrons. The standard InChI is InChI=1S/C2H5O.Zr/c1-2-3;/h3H,1-2H2;/q-1;. The first kappa shape index (κ1) is 8.85. The largest absolute Gasteiger partial charge is 0.428 e. The first-order valence-corrected chi connectivity index (χ1v) is 0.816. The Morgan fingerprint density at radius 1 is 1.75 bits per heavy atom. The minimum Gasteiger partial charge on any atom is -0.428 e. The van der Waals surface area contributed by atoms with Gasteiger partial charge in [0, 0.05) is 26.2 Å². The van der Waals surface area contributed by atoms with E-state index in [0.717, 1.165) is 0 Å². The van der Waals surface area contributed by atoms with Crippen LogP contribution in [0.2, 0.25) is 0 Å². The van der Waals surface area contributed by atoms with Crippen molar-refractivity contribution in [3.63, 3.8) is 0 Å². The summed E-state index contributed by atoms with van der Waals surface area (Å²) >= 11 is 0. The summed E-state index contributed by atoms with van der Waals surface area (Å²) in [6.07, 6.45) is 0. The Kier molecular flexibility index (Phi) is 20.2. The zero-order valence-electron chi connectivity index (χ0n) is 2.36. The summed E-state index contributed by atoms with van der Waals surface area (Å²) in [7, 11) is 0. The summed E-state index contributed by atoms with van der Waals surface area (Å²) in [5.74, 6) is 0. The molecule has 0 aliphatic rings. The molecule has 4 heavy (non-hydrogen) atoms. The SMILES string of the molecule is [CH2-]CO.[Zr]. The van der Waals surface area contributed by atoms with Crippen molar-refractivity contribution >= 4 is 0 Å². The second-order valence-electron chi connectivity index (χ2n) is 0.224. The Hall–Kier alpha value is 0.843. The van der Waals surface area contributed by atoms with Crippen molar-refractivity contribution in [3.05, 3.63) is 6.92 Å². The zero-order chi connectivity index (χ0) is 2.71. The third-order valence-corrected chi connectivity index (χ3v) is 0. The van der Waals surface area contributed by atoms with Crippen molar-refractivity contribution in [3.8, 4) is 0 Å². The maximum absolute atomic E-state index is 7.46. The molecule has 0 aromatic heterocycles. The average Bonchev–Trinajstić information content (AvgIpc) is 0.918. The molecule has 0 fully saturated rings. The van der Waals surface area contributed by atoms with Gasteiger partial charge in [0.25, 0.3) is 0 Å². The van der Waals surface area contributed by atoms with Crippen molar-refractivity contribution in [2.24, 2.45) is 0 Å². The van der Waals surface area contributed by atoms with Crippen LogP contribution in [0.15, 0.2) is 0 Å². The van der Waals surface area contributed by atoms with Crippen LogP contribution in [0.4, 0.5) is 0 Å². The number of aliphatic hydroxyl groups excluding tert-OH is 1. The van der Waals surface area contributed by atoms with Crippen LogP contribution in [-0.4, -0.2) is 11.7 Å². The molecular weight excluding hydrogens is 131 g/mol. The first-order valence-electron chi connectivity index (χ1n) is 0.816. The fraction of sp³-hybridized carbons (Fsp3) is 0.500. The van der Waals surface area contributed by atoms with Gasteiger partial charge < -0.3 is 12.0 Å². The van der Waals surface area contributed by atoms with Gasteiger partial charge in [-0.25, -0.2) is 0 Å². The van der Waals surface area contributed by atoms with Crippen LogP contribution in [0.25, 0.3) is 0 Å². The van der Waals surface area contributed by atoms with Gasteiger partial charge in [-0.15, -0.1) is 0 Å². The van der Waals surface area contributed by atoms with E-state index in [1.165, 1.54) is 0 Å². The van der Waals surface area contributed by atoms with Crippen LogP contribution in [0, 0.1) is 6.92 Å². The van der Waals surface area contributed by atoms with Gasteiger partial charge in [-0.1, -0.05) is 6.61 Å². The summed E-state index contributed by atoms with van der Waals surface area (Å²) in [4.78, 5) is 0. The Labute approximate surface area is 45.1 Å². The smallest absolute Gasteiger partial charge is 0 e. The van der Waals surface area contributed by atoms with Crippen LogP contribution in [-0.2, 0) is 26.2 Å².